The van der Waals surface area contributed by atoms with Gasteiger partial charge in [0.2, 0.25) is 5.88 Å². The number of aromatic nitrogens is 1. The Bertz CT molecular complexity index is 655. The van der Waals surface area contributed by atoms with E-state index in [1.807, 2.05) is 24.3 Å². The molecule has 1 aromatic carbocycles. The Balaban J connectivity index is 2.30. The lowest BCUT2D eigenvalue weighted by molar-refractivity contribution is 0.0582. The summed E-state index contributed by atoms with van der Waals surface area (Å²) in [4.78, 5) is 12.0. The van der Waals surface area contributed by atoms with Crippen LogP contribution in [0.5, 0.6) is 5.88 Å². The Morgan fingerprint density at radius 1 is 1.37 bits per heavy atom. The Morgan fingerprint density at radius 2 is 2.11 bits per heavy atom. The Kier molecular flexibility index (Phi) is 2.55. The highest BCUT2D eigenvalue weighted by Gasteiger charge is 2.33. The van der Waals surface area contributed by atoms with Gasteiger partial charge in [-0.15, -0.1) is 0 Å². The first-order chi connectivity index (χ1) is 9.03. The molecule has 4 heteroatoms. The van der Waals surface area contributed by atoms with E-state index in [1.165, 1.54) is 7.11 Å². The van der Waals surface area contributed by atoms with Crippen molar-refractivity contribution in [3.8, 4) is 5.88 Å². The lowest BCUT2D eigenvalue weighted by Gasteiger charge is -2.32. The molecule has 0 N–H and O–H groups in total. The lowest BCUT2D eigenvalue weighted by Crippen LogP contribution is -2.32. The highest BCUT2D eigenvalue weighted by Crippen LogP contribution is 2.39. The Morgan fingerprint density at radius 3 is 2.84 bits per heavy atom. The van der Waals surface area contributed by atoms with E-state index in [4.69, 9.17) is 9.47 Å². The highest BCUT2D eigenvalue weighted by atomic mass is 16.5. The second-order valence-corrected chi connectivity index (χ2v) is 5.73. The number of hydrogen-bond acceptors (Lipinski definition) is 3. The van der Waals surface area contributed by atoms with Crippen LogP contribution in [0.3, 0.4) is 0 Å². The molecule has 1 aliphatic heterocycles. The molecule has 0 bridgehead atoms. The maximum atomic E-state index is 12.0. The number of esters is 1. The average molecular weight is 259 g/mol. The SMILES string of the molecule is COC(=O)c1c2n(c3ccccc13)CC(C)(C)CO2. The zero-order valence-electron chi connectivity index (χ0n) is 11.4. The first-order valence-electron chi connectivity index (χ1n) is 6.36. The number of rotatable bonds is 1. The number of methoxy groups -OCH3 is 1. The highest BCUT2D eigenvalue weighted by molar-refractivity contribution is 6.07. The number of fused-ring (bicyclic) bond motifs is 3. The summed E-state index contributed by atoms with van der Waals surface area (Å²) in [7, 11) is 1.40. The number of hydrogen-bond donors (Lipinski definition) is 0. The van der Waals surface area contributed by atoms with Crippen LogP contribution in [0.15, 0.2) is 24.3 Å². The smallest absolute Gasteiger partial charge is 0.344 e. The van der Waals surface area contributed by atoms with Gasteiger partial charge >= 0.3 is 5.97 Å². The average Bonchev–Trinajstić information content (AvgIpc) is 2.71. The molecule has 2 aromatic rings. The van der Waals surface area contributed by atoms with Gasteiger partial charge in [-0.3, -0.25) is 0 Å². The molecule has 0 saturated heterocycles. The normalized spacial score (nSPS) is 16.8. The summed E-state index contributed by atoms with van der Waals surface area (Å²) >= 11 is 0. The first kappa shape index (κ1) is 12.1. The zero-order chi connectivity index (χ0) is 13.6. The van der Waals surface area contributed by atoms with E-state index in [0.29, 0.717) is 18.1 Å². The summed E-state index contributed by atoms with van der Waals surface area (Å²) in [5.41, 5.74) is 1.61. The van der Waals surface area contributed by atoms with Crippen molar-refractivity contribution in [3.05, 3.63) is 29.8 Å². The topological polar surface area (TPSA) is 40.5 Å². The molecule has 0 unspecified atom stereocenters. The fourth-order valence-electron chi connectivity index (χ4n) is 2.62. The van der Waals surface area contributed by atoms with Gasteiger partial charge in [-0.25, -0.2) is 4.79 Å². The van der Waals surface area contributed by atoms with Crippen molar-refractivity contribution in [2.45, 2.75) is 20.4 Å². The van der Waals surface area contributed by atoms with Crippen LogP contribution in [0.1, 0.15) is 24.2 Å². The summed E-state index contributed by atoms with van der Waals surface area (Å²) in [5, 5.41) is 0.891. The van der Waals surface area contributed by atoms with Crippen molar-refractivity contribution < 1.29 is 14.3 Å². The molecule has 1 aromatic heterocycles. The van der Waals surface area contributed by atoms with Crippen molar-refractivity contribution in [1.82, 2.24) is 4.57 Å². The van der Waals surface area contributed by atoms with Crippen LogP contribution < -0.4 is 4.74 Å². The maximum Gasteiger partial charge on any atom is 0.344 e. The van der Waals surface area contributed by atoms with Crippen LogP contribution in [0.25, 0.3) is 10.9 Å². The molecule has 0 aliphatic carbocycles. The summed E-state index contributed by atoms with van der Waals surface area (Å²) in [6.07, 6.45) is 0. The van der Waals surface area contributed by atoms with Crippen LogP contribution in [0.4, 0.5) is 0 Å². The van der Waals surface area contributed by atoms with Crippen LogP contribution in [-0.2, 0) is 11.3 Å². The van der Waals surface area contributed by atoms with Crippen molar-refractivity contribution >= 4 is 16.9 Å². The minimum absolute atomic E-state index is 0.0577. The fraction of sp³-hybridized carbons (Fsp3) is 0.400. The number of ether oxygens (including phenoxy) is 2. The van der Waals surface area contributed by atoms with Gasteiger partial charge in [0.1, 0.15) is 5.56 Å². The van der Waals surface area contributed by atoms with Gasteiger partial charge in [-0.05, 0) is 6.07 Å². The minimum atomic E-state index is -0.343. The van der Waals surface area contributed by atoms with Gasteiger partial charge in [0.15, 0.2) is 0 Å². The third-order valence-electron chi connectivity index (χ3n) is 3.50. The predicted octanol–water partition coefficient (Wildman–Crippen LogP) is 2.85. The third kappa shape index (κ3) is 1.79. The molecule has 0 radical (unpaired) electrons. The third-order valence-corrected chi connectivity index (χ3v) is 3.50. The molecule has 4 nitrogen and oxygen atoms in total. The Hall–Kier alpha value is -1.97. The van der Waals surface area contributed by atoms with E-state index in [1.54, 1.807) is 0 Å². The molecular weight excluding hydrogens is 242 g/mol. The standard InChI is InChI=1S/C15H17NO3/c1-15(2)8-16-11-7-5-4-6-10(11)12(14(17)18-3)13(16)19-9-15/h4-7H,8-9H2,1-3H3. The maximum absolute atomic E-state index is 12.0. The minimum Gasteiger partial charge on any atom is -0.478 e. The second kappa shape index (κ2) is 4.02. The zero-order valence-corrected chi connectivity index (χ0v) is 11.4. The molecule has 0 saturated carbocycles. The molecule has 0 spiro atoms. The monoisotopic (exact) mass is 259 g/mol. The molecule has 0 atom stereocenters. The number of benzene rings is 1. The lowest BCUT2D eigenvalue weighted by atomic mass is 9.94. The van der Waals surface area contributed by atoms with E-state index in [-0.39, 0.29) is 11.4 Å². The quantitative estimate of drug-likeness (QED) is 0.739. The summed E-state index contributed by atoms with van der Waals surface area (Å²) < 4.78 is 12.8. The number of nitrogens with zero attached hydrogens (tertiary/aromatic N) is 1. The van der Waals surface area contributed by atoms with E-state index in [2.05, 4.69) is 18.4 Å². The molecule has 0 fully saturated rings. The Labute approximate surface area is 111 Å². The molecule has 1 aliphatic rings. The van der Waals surface area contributed by atoms with E-state index < -0.39 is 0 Å². The molecule has 0 amide bonds. The van der Waals surface area contributed by atoms with Gasteiger partial charge < -0.3 is 14.0 Å². The van der Waals surface area contributed by atoms with Gasteiger partial charge in [0.25, 0.3) is 0 Å². The van der Waals surface area contributed by atoms with E-state index >= 15 is 0 Å². The first-order valence-corrected chi connectivity index (χ1v) is 6.36. The molecule has 100 valence electrons. The van der Waals surface area contributed by atoms with Gasteiger partial charge in [-0.1, -0.05) is 32.0 Å². The predicted molar refractivity (Wildman–Crippen MR) is 72.6 cm³/mol. The number of carbonyl (C=O) groups excluding carboxylic acids is 1. The van der Waals surface area contributed by atoms with Gasteiger partial charge in [-0.2, -0.15) is 0 Å². The summed E-state index contributed by atoms with van der Waals surface area (Å²) in [5.74, 6) is 0.289. The van der Waals surface area contributed by atoms with Gasteiger partial charge in [0.05, 0.1) is 19.2 Å². The second-order valence-electron chi connectivity index (χ2n) is 5.73. The van der Waals surface area contributed by atoms with Crippen LogP contribution in [-0.4, -0.2) is 24.3 Å². The number of para-hydroxylation sites is 1. The van der Waals surface area contributed by atoms with Gasteiger partial charge in [0, 0.05) is 17.3 Å². The van der Waals surface area contributed by atoms with Crippen molar-refractivity contribution in [1.29, 1.82) is 0 Å². The molecular formula is C15H17NO3. The fourth-order valence-corrected chi connectivity index (χ4v) is 2.62. The van der Waals surface area contributed by atoms with E-state index in [9.17, 15) is 4.79 Å². The van der Waals surface area contributed by atoms with Crippen molar-refractivity contribution in [2.75, 3.05) is 13.7 Å². The largest absolute Gasteiger partial charge is 0.478 e. The van der Waals surface area contributed by atoms with Crippen LogP contribution >= 0.6 is 0 Å². The van der Waals surface area contributed by atoms with Crippen LogP contribution in [0.2, 0.25) is 0 Å². The summed E-state index contributed by atoms with van der Waals surface area (Å²) in [6.45, 7) is 5.75. The van der Waals surface area contributed by atoms with Crippen molar-refractivity contribution in [2.24, 2.45) is 5.41 Å². The molecule has 3 rings (SSSR count). The van der Waals surface area contributed by atoms with Crippen molar-refractivity contribution in [3.63, 3.8) is 0 Å². The summed E-state index contributed by atoms with van der Waals surface area (Å²) in [6, 6.07) is 7.84. The molecule has 19 heavy (non-hydrogen) atoms. The molecule has 2 heterocycles. The van der Waals surface area contributed by atoms with Crippen LogP contribution in [0, 0.1) is 5.41 Å². The van der Waals surface area contributed by atoms with E-state index in [0.717, 1.165) is 17.4 Å². The number of carbonyl (C=O) groups is 1.